The Bertz CT molecular complexity index is 71.7. The van der Waals surface area contributed by atoms with Crippen molar-refractivity contribution in [3.05, 3.63) is 0 Å². The Morgan fingerprint density at radius 1 is 1.20 bits per heavy atom. The summed E-state index contributed by atoms with van der Waals surface area (Å²) >= 11 is 0. The molecule has 2 heteroatoms. The van der Waals surface area contributed by atoms with Gasteiger partial charge in [-0.15, -0.1) is 0 Å². The van der Waals surface area contributed by atoms with Crippen LogP contribution >= 0.6 is 0 Å². The molecule has 56 valence electrons. The first kappa shape index (κ1) is 13.3. The van der Waals surface area contributed by atoms with Crippen molar-refractivity contribution >= 4 is 35.8 Å². The maximum atomic E-state index is 4.20. The standard InChI is InChI=1S/C8H17N.Na.H/c1-3-5-6-8-9-7-4-2;;/h7H,3-6,8H2,1-2H3;;. The van der Waals surface area contributed by atoms with E-state index in [1.165, 1.54) is 19.3 Å². The van der Waals surface area contributed by atoms with Crippen LogP contribution in [0.15, 0.2) is 4.99 Å². The van der Waals surface area contributed by atoms with Gasteiger partial charge in [0.2, 0.25) is 0 Å². The van der Waals surface area contributed by atoms with Crippen LogP contribution in [0, 0.1) is 0 Å². The molecule has 0 saturated heterocycles. The Balaban J connectivity index is 0. The third-order valence-electron chi connectivity index (χ3n) is 1.20. The third-order valence-corrected chi connectivity index (χ3v) is 1.20. The predicted octanol–water partition coefficient (Wildman–Crippen LogP) is 2.01. The van der Waals surface area contributed by atoms with Gasteiger partial charge in [0, 0.05) is 6.54 Å². The second-order valence-electron chi connectivity index (χ2n) is 2.20. The van der Waals surface area contributed by atoms with Crippen molar-refractivity contribution in [2.75, 3.05) is 6.54 Å². The van der Waals surface area contributed by atoms with E-state index in [1.807, 2.05) is 6.21 Å². The van der Waals surface area contributed by atoms with Crippen LogP contribution in [0.1, 0.15) is 39.5 Å². The molecule has 0 radical (unpaired) electrons. The summed E-state index contributed by atoms with van der Waals surface area (Å²) in [5, 5.41) is 0. The SMILES string of the molecule is CCC=NCCCCC.[NaH]. The van der Waals surface area contributed by atoms with Crippen LogP contribution in [0.3, 0.4) is 0 Å². The van der Waals surface area contributed by atoms with Gasteiger partial charge in [0.1, 0.15) is 0 Å². The van der Waals surface area contributed by atoms with Crippen molar-refractivity contribution in [2.45, 2.75) is 39.5 Å². The second-order valence-corrected chi connectivity index (χ2v) is 2.20. The first-order valence-electron chi connectivity index (χ1n) is 3.90. The number of hydrogen-bond donors (Lipinski definition) is 0. The fourth-order valence-electron chi connectivity index (χ4n) is 0.673. The van der Waals surface area contributed by atoms with Gasteiger partial charge in [-0.2, -0.15) is 0 Å². The summed E-state index contributed by atoms with van der Waals surface area (Å²) in [6, 6.07) is 0. The van der Waals surface area contributed by atoms with E-state index in [-0.39, 0.29) is 29.6 Å². The van der Waals surface area contributed by atoms with E-state index in [4.69, 9.17) is 0 Å². The molecule has 0 aromatic rings. The summed E-state index contributed by atoms with van der Waals surface area (Å²) in [5.74, 6) is 0. The molecule has 0 aliphatic heterocycles. The fraction of sp³-hybridized carbons (Fsp3) is 0.875. The van der Waals surface area contributed by atoms with E-state index < -0.39 is 0 Å². The minimum atomic E-state index is 0. The van der Waals surface area contributed by atoms with E-state index in [0.29, 0.717) is 0 Å². The van der Waals surface area contributed by atoms with Gasteiger partial charge in [0.25, 0.3) is 0 Å². The summed E-state index contributed by atoms with van der Waals surface area (Å²) in [6.45, 7) is 5.36. The molecule has 0 amide bonds. The van der Waals surface area contributed by atoms with Crippen molar-refractivity contribution in [1.29, 1.82) is 0 Å². The Morgan fingerprint density at radius 2 is 1.90 bits per heavy atom. The molecular formula is C8H18NNa. The topological polar surface area (TPSA) is 12.4 Å². The number of unbranched alkanes of at least 4 members (excludes halogenated alkanes) is 2. The van der Waals surface area contributed by atoms with Crippen LogP contribution in [-0.2, 0) is 0 Å². The number of hydrogen-bond acceptors (Lipinski definition) is 1. The van der Waals surface area contributed by atoms with Gasteiger partial charge in [-0.3, -0.25) is 4.99 Å². The summed E-state index contributed by atoms with van der Waals surface area (Å²) in [5.41, 5.74) is 0. The molecule has 0 N–H and O–H groups in total. The summed E-state index contributed by atoms with van der Waals surface area (Å²) < 4.78 is 0. The van der Waals surface area contributed by atoms with Crippen LogP contribution in [0.25, 0.3) is 0 Å². The molecule has 0 aromatic heterocycles. The van der Waals surface area contributed by atoms with Crippen molar-refractivity contribution in [3.8, 4) is 0 Å². The zero-order valence-electron chi connectivity index (χ0n) is 6.56. The summed E-state index contributed by atoms with van der Waals surface area (Å²) in [7, 11) is 0. The maximum absolute atomic E-state index is 4.20. The molecule has 1 nitrogen and oxygen atoms in total. The number of nitrogens with zero attached hydrogens (tertiary/aromatic N) is 1. The van der Waals surface area contributed by atoms with Crippen LogP contribution in [0.2, 0.25) is 0 Å². The van der Waals surface area contributed by atoms with E-state index in [1.54, 1.807) is 0 Å². The zero-order valence-corrected chi connectivity index (χ0v) is 6.56. The van der Waals surface area contributed by atoms with Crippen molar-refractivity contribution in [1.82, 2.24) is 0 Å². The molecule has 0 rings (SSSR count). The quantitative estimate of drug-likeness (QED) is 0.324. The van der Waals surface area contributed by atoms with Gasteiger partial charge in [-0.25, -0.2) is 0 Å². The Hall–Kier alpha value is 0.670. The van der Waals surface area contributed by atoms with Crippen molar-refractivity contribution < 1.29 is 0 Å². The molecule has 0 spiro atoms. The normalized spacial score (nSPS) is 9.80. The average Bonchev–Trinajstić information content (AvgIpc) is 1.89. The monoisotopic (exact) mass is 151 g/mol. The Labute approximate surface area is 86.6 Å². The first-order valence-corrected chi connectivity index (χ1v) is 3.90. The molecule has 0 aliphatic carbocycles. The summed E-state index contributed by atoms with van der Waals surface area (Å²) in [4.78, 5) is 4.20. The number of aliphatic imine (C=N–C) groups is 1. The van der Waals surface area contributed by atoms with Gasteiger partial charge in [-0.1, -0.05) is 26.7 Å². The fourth-order valence-corrected chi connectivity index (χ4v) is 0.673. The minimum absolute atomic E-state index is 0. The molecule has 0 aromatic carbocycles. The molecule has 0 heterocycles. The van der Waals surface area contributed by atoms with E-state index in [2.05, 4.69) is 18.8 Å². The molecule has 10 heavy (non-hydrogen) atoms. The van der Waals surface area contributed by atoms with E-state index in [0.717, 1.165) is 13.0 Å². The molecule has 0 bridgehead atoms. The molecule has 0 atom stereocenters. The van der Waals surface area contributed by atoms with Crippen LogP contribution in [0.4, 0.5) is 0 Å². The second kappa shape index (κ2) is 12.4. The predicted molar refractivity (Wildman–Crippen MR) is 50.3 cm³/mol. The average molecular weight is 151 g/mol. The van der Waals surface area contributed by atoms with Gasteiger partial charge < -0.3 is 0 Å². The molecule has 0 saturated carbocycles. The van der Waals surface area contributed by atoms with Gasteiger partial charge >= 0.3 is 29.6 Å². The van der Waals surface area contributed by atoms with Crippen LogP contribution in [-0.4, -0.2) is 42.3 Å². The van der Waals surface area contributed by atoms with Gasteiger partial charge in [0.05, 0.1) is 0 Å². The van der Waals surface area contributed by atoms with Crippen LogP contribution in [0.5, 0.6) is 0 Å². The third kappa shape index (κ3) is 11.5. The molecule has 0 unspecified atom stereocenters. The molecule has 0 fully saturated rings. The zero-order chi connectivity index (χ0) is 6.95. The van der Waals surface area contributed by atoms with Crippen molar-refractivity contribution in [2.24, 2.45) is 4.99 Å². The van der Waals surface area contributed by atoms with Gasteiger partial charge in [0.15, 0.2) is 0 Å². The first-order chi connectivity index (χ1) is 4.41. The molecular weight excluding hydrogens is 133 g/mol. The van der Waals surface area contributed by atoms with Gasteiger partial charge in [-0.05, 0) is 19.1 Å². The van der Waals surface area contributed by atoms with Crippen LogP contribution < -0.4 is 0 Å². The van der Waals surface area contributed by atoms with E-state index in [9.17, 15) is 0 Å². The summed E-state index contributed by atoms with van der Waals surface area (Å²) in [6.07, 6.45) is 6.94. The van der Waals surface area contributed by atoms with E-state index >= 15 is 0 Å². The Kier molecular flexibility index (Phi) is 16.4. The molecule has 0 aliphatic rings. The number of rotatable bonds is 5. The van der Waals surface area contributed by atoms with Crippen molar-refractivity contribution in [3.63, 3.8) is 0 Å². The Morgan fingerprint density at radius 3 is 2.40 bits per heavy atom.